The smallest absolute Gasteiger partial charge is 0.391 e. The van der Waals surface area contributed by atoms with Crippen LogP contribution in [0.1, 0.15) is 284 Å². The van der Waals surface area contributed by atoms with Crippen LogP contribution in [-0.2, 0) is 18.4 Å². The molecule has 402 valence electrons. The summed E-state index contributed by atoms with van der Waals surface area (Å²) in [4.78, 5) is 23.3. The zero-order valence-electron chi connectivity index (χ0n) is 45.9. The summed E-state index contributed by atoms with van der Waals surface area (Å²) in [6, 6.07) is -0.769. The average Bonchev–Trinajstić information content (AvgIpc) is 3.30. The third-order valence-corrected chi connectivity index (χ3v) is 14.4. The Morgan fingerprint density at radius 3 is 1.22 bits per heavy atom. The molecule has 0 aromatic carbocycles. The number of carbonyl (C=O) groups excluding carboxylic acids is 1. The minimum absolute atomic E-state index is 0.0718. The van der Waals surface area contributed by atoms with Gasteiger partial charge in [-0.3, -0.25) is 13.8 Å². The Kier molecular flexibility index (Phi) is 49.7. The quantitative estimate of drug-likeness (QED) is 0.0243. The van der Waals surface area contributed by atoms with Crippen molar-refractivity contribution in [2.45, 2.75) is 296 Å². The first-order chi connectivity index (χ1) is 33.0. The maximum absolute atomic E-state index is 13.0. The highest BCUT2D eigenvalue weighted by Crippen LogP contribution is 2.43. The van der Waals surface area contributed by atoms with Crippen molar-refractivity contribution in [2.24, 2.45) is 0 Å². The number of hydrogen-bond acceptors (Lipinski definition) is 5. The van der Waals surface area contributed by atoms with E-state index < -0.39 is 20.0 Å². The number of phosphoric acid groups is 1. The van der Waals surface area contributed by atoms with Crippen LogP contribution in [0, 0.1) is 0 Å². The molecule has 0 aromatic heterocycles. The first kappa shape index (κ1) is 66.7. The lowest BCUT2D eigenvalue weighted by atomic mass is 10.0. The van der Waals surface area contributed by atoms with Gasteiger partial charge in [0.05, 0.1) is 39.9 Å². The molecule has 0 saturated heterocycles. The number of hydrogen-bond donors (Lipinski definition) is 3. The predicted octanol–water partition coefficient (Wildman–Crippen LogP) is 17.8. The summed E-state index contributed by atoms with van der Waals surface area (Å²) in [5.41, 5.74) is 0. The summed E-state index contributed by atoms with van der Waals surface area (Å²) in [6.45, 7) is 4.90. The van der Waals surface area contributed by atoms with Crippen LogP contribution in [0.4, 0.5) is 0 Å². The summed E-state index contributed by atoms with van der Waals surface area (Å²) < 4.78 is 23.8. The second-order valence-electron chi connectivity index (χ2n) is 21.4. The molecular formula is C59H116N2O6P+. The van der Waals surface area contributed by atoms with E-state index in [1.54, 1.807) is 0 Å². The third-order valence-electron chi connectivity index (χ3n) is 13.4. The number of likely N-dealkylation sites (N-methyl/N-ethyl adjacent to an activating group) is 1. The average molecular weight is 981 g/mol. The summed E-state index contributed by atoms with van der Waals surface area (Å²) in [5, 5.41) is 14.1. The first-order valence-electron chi connectivity index (χ1n) is 29.4. The monoisotopic (exact) mass is 980 g/mol. The van der Waals surface area contributed by atoms with Crippen LogP contribution < -0.4 is 5.32 Å². The number of carbonyl (C=O) groups is 1. The molecule has 0 rings (SSSR count). The van der Waals surface area contributed by atoms with E-state index in [2.05, 4.69) is 55.6 Å². The van der Waals surface area contributed by atoms with E-state index in [4.69, 9.17) is 9.05 Å². The van der Waals surface area contributed by atoms with Crippen molar-refractivity contribution >= 4 is 13.7 Å². The molecular weight excluding hydrogens is 864 g/mol. The number of amides is 1. The van der Waals surface area contributed by atoms with E-state index in [-0.39, 0.29) is 19.1 Å². The van der Waals surface area contributed by atoms with E-state index in [0.29, 0.717) is 23.9 Å². The van der Waals surface area contributed by atoms with Gasteiger partial charge in [0, 0.05) is 6.42 Å². The lowest BCUT2D eigenvalue weighted by molar-refractivity contribution is -0.870. The summed E-state index contributed by atoms with van der Waals surface area (Å²) in [6.07, 6.45) is 64.8. The van der Waals surface area contributed by atoms with Crippen LogP contribution in [0.2, 0.25) is 0 Å². The standard InChI is InChI=1S/C59H115N2O6P/c1-6-8-10-12-14-16-18-20-22-24-26-28-29-30-31-33-34-36-38-40-42-44-46-48-50-52-58(62)57(56-67-68(64,65)66-55-54-61(3,4)5)60-59(63)53-51-49-47-45-43-41-39-37-35-32-27-25-23-21-19-17-15-13-11-9-7-2/h19,21,25,27,35,37,57-58,62H,6-18,20,22-24,26,28-34,36,38-56H2,1-5H3,(H-,60,63,64,65)/p+1/b21-19-,27-25-,37-35-. The fraction of sp³-hybridized carbons (Fsp3) is 0.881. The Bertz CT molecular complexity index is 1200. The van der Waals surface area contributed by atoms with E-state index in [9.17, 15) is 19.4 Å². The molecule has 0 bridgehead atoms. The highest BCUT2D eigenvalue weighted by molar-refractivity contribution is 7.47. The van der Waals surface area contributed by atoms with Gasteiger partial charge in [-0.15, -0.1) is 0 Å². The van der Waals surface area contributed by atoms with Crippen molar-refractivity contribution in [1.82, 2.24) is 5.32 Å². The molecule has 3 unspecified atom stereocenters. The molecule has 0 aromatic rings. The van der Waals surface area contributed by atoms with Gasteiger partial charge in [0.2, 0.25) is 5.91 Å². The maximum Gasteiger partial charge on any atom is 0.472 e. The molecule has 9 heteroatoms. The van der Waals surface area contributed by atoms with Gasteiger partial charge < -0.3 is 19.8 Å². The van der Waals surface area contributed by atoms with Gasteiger partial charge in [-0.05, 0) is 51.4 Å². The zero-order valence-corrected chi connectivity index (χ0v) is 46.8. The summed E-state index contributed by atoms with van der Waals surface area (Å²) >= 11 is 0. The minimum Gasteiger partial charge on any atom is -0.391 e. The second-order valence-corrected chi connectivity index (χ2v) is 22.8. The normalized spacial score (nSPS) is 14.2. The number of nitrogens with one attached hydrogen (secondary N) is 1. The van der Waals surface area contributed by atoms with Crippen molar-refractivity contribution in [3.05, 3.63) is 36.5 Å². The lowest BCUT2D eigenvalue weighted by Crippen LogP contribution is -2.46. The molecule has 1 amide bonds. The highest BCUT2D eigenvalue weighted by Gasteiger charge is 2.28. The Labute approximate surface area is 423 Å². The maximum atomic E-state index is 13.0. The second kappa shape index (κ2) is 50.7. The van der Waals surface area contributed by atoms with Gasteiger partial charge in [-0.1, -0.05) is 262 Å². The van der Waals surface area contributed by atoms with Gasteiger partial charge in [0.15, 0.2) is 0 Å². The van der Waals surface area contributed by atoms with Gasteiger partial charge in [-0.2, -0.15) is 0 Å². The van der Waals surface area contributed by atoms with Crippen molar-refractivity contribution in [3.63, 3.8) is 0 Å². The molecule has 68 heavy (non-hydrogen) atoms. The SMILES string of the molecule is CCCCCCC/C=C\C/C=C\C/C=C\CCCCCCCCC(=O)NC(COP(=O)(O)OCC[N+](C)(C)C)C(O)CCCCCCCCCCCCCCCCCCCCCCCCCCC. The van der Waals surface area contributed by atoms with Crippen LogP contribution >= 0.6 is 7.82 Å². The number of aliphatic hydroxyl groups is 1. The molecule has 0 saturated carbocycles. The van der Waals surface area contributed by atoms with Gasteiger partial charge >= 0.3 is 7.82 Å². The number of allylic oxidation sites excluding steroid dienone is 6. The summed E-state index contributed by atoms with van der Waals surface area (Å²) in [7, 11) is 1.61. The van der Waals surface area contributed by atoms with Gasteiger partial charge in [0.1, 0.15) is 13.2 Å². The van der Waals surface area contributed by atoms with Crippen LogP contribution in [0.5, 0.6) is 0 Å². The molecule has 0 aliphatic carbocycles. The van der Waals surface area contributed by atoms with Crippen LogP contribution in [0.25, 0.3) is 0 Å². The molecule has 0 aliphatic heterocycles. The molecule has 0 aliphatic rings. The fourth-order valence-corrected chi connectivity index (χ4v) is 9.50. The molecule has 0 heterocycles. The number of nitrogens with zero attached hydrogens (tertiary/aromatic N) is 1. The fourth-order valence-electron chi connectivity index (χ4n) is 8.76. The lowest BCUT2D eigenvalue weighted by Gasteiger charge is -2.26. The number of phosphoric ester groups is 1. The van der Waals surface area contributed by atoms with Gasteiger partial charge in [-0.25, -0.2) is 4.57 Å². The van der Waals surface area contributed by atoms with Crippen molar-refractivity contribution in [3.8, 4) is 0 Å². The molecule has 3 atom stereocenters. The molecule has 0 fully saturated rings. The first-order valence-corrected chi connectivity index (χ1v) is 30.8. The number of rotatable bonds is 54. The molecule has 8 nitrogen and oxygen atoms in total. The Morgan fingerprint density at radius 2 is 0.838 bits per heavy atom. The molecule has 3 N–H and O–H groups in total. The Hall–Kier alpha value is -1.28. The largest absolute Gasteiger partial charge is 0.472 e. The predicted molar refractivity (Wildman–Crippen MR) is 295 cm³/mol. The zero-order chi connectivity index (χ0) is 49.9. The highest BCUT2D eigenvalue weighted by atomic mass is 31.2. The van der Waals surface area contributed by atoms with E-state index >= 15 is 0 Å². The van der Waals surface area contributed by atoms with E-state index in [1.165, 1.54) is 193 Å². The number of unbranched alkanes of at least 4 members (excludes halogenated alkanes) is 35. The van der Waals surface area contributed by atoms with Crippen molar-refractivity contribution < 1.29 is 32.9 Å². The van der Waals surface area contributed by atoms with Crippen LogP contribution in [-0.4, -0.2) is 73.4 Å². The van der Waals surface area contributed by atoms with Crippen molar-refractivity contribution in [1.29, 1.82) is 0 Å². The third kappa shape index (κ3) is 52.5. The Balaban J connectivity index is 4.18. The minimum atomic E-state index is -4.33. The molecule has 0 spiro atoms. The molecule has 0 radical (unpaired) electrons. The number of aliphatic hydroxyl groups excluding tert-OH is 1. The van der Waals surface area contributed by atoms with E-state index in [1.807, 2.05) is 21.1 Å². The van der Waals surface area contributed by atoms with Gasteiger partial charge in [0.25, 0.3) is 0 Å². The topological polar surface area (TPSA) is 105 Å². The number of quaternary nitrogens is 1. The van der Waals surface area contributed by atoms with E-state index in [0.717, 1.165) is 64.2 Å². The Morgan fingerprint density at radius 1 is 0.500 bits per heavy atom. The summed E-state index contributed by atoms with van der Waals surface area (Å²) in [5.74, 6) is -0.154. The van der Waals surface area contributed by atoms with Crippen molar-refractivity contribution in [2.75, 3.05) is 40.9 Å². The van der Waals surface area contributed by atoms with Crippen LogP contribution in [0.3, 0.4) is 0 Å². The van der Waals surface area contributed by atoms with Crippen LogP contribution in [0.15, 0.2) is 36.5 Å².